The van der Waals surface area contributed by atoms with E-state index in [2.05, 4.69) is 10.3 Å². The van der Waals surface area contributed by atoms with Crippen LogP contribution in [-0.2, 0) is 4.74 Å². The average Bonchev–Trinajstić information content (AvgIpc) is 3.27. The summed E-state index contributed by atoms with van der Waals surface area (Å²) >= 11 is 0. The quantitative estimate of drug-likeness (QED) is 0.714. The van der Waals surface area contributed by atoms with E-state index < -0.39 is 0 Å². The molecule has 28 heavy (non-hydrogen) atoms. The molecule has 1 N–H and O–H groups in total. The van der Waals surface area contributed by atoms with Crippen LogP contribution < -0.4 is 10.1 Å². The van der Waals surface area contributed by atoms with Gasteiger partial charge < -0.3 is 14.8 Å². The van der Waals surface area contributed by atoms with Crippen molar-refractivity contribution >= 4 is 5.91 Å². The molecule has 0 aliphatic carbocycles. The topological polar surface area (TPSA) is 60.5 Å². The molecular formula is C23H22N2O3. The summed E-state index contributed by atoms with van der Waals surface area (Å²) in [6, 6.07) is 23.1. The Kier molecular flexibility index (Phi) is 5.64. The van der Waals surface area contributed by atoms with Crippen molar-refractivity contribution in [2.45, 2.75) is 18.6 Å². The Bertz CT molecular complexity index is 853. The largest absolute Gasteiger partial charge is 0.472 e. The van der Waals surface area contributed by atoms with Gasteiger partial charge in [-0.05, 0) is 17.2 Å². The molecule has 5 heteroatoms. The molecule has 3 aromatic rings. The predicted octanol–water partition coefficient (Wildman–Crippen LogP) is 3.77. The summed E-state index contributed by atoms with van der Waals surface area (Å²) in [5, 5.41) is 3.12. The van der Waals surface area contributed by atoms with Crippen LogP contribution in [0.1, 0.15) is 33.9 Å². The number of rotatable bonds is 6. The zero-order valence-corrected chi connectivity index (χ0v) is 15.5. The number of amides is 1. The molecule has 1 atom stereocenters. The van der Waals surface area contributed by atoms with Crippen molar-refractivity contribution in [3.05, 3.63) is 95.7 Å². The number of ether oxygens (including phenoxy) is 2. The molecule has 1 amide bonds. The van der Waals surface area contributed by atoms with Gasteiger partial charge in [0.15, 0.2) is 0 Å². The molecule has 0 spiro atoms. The van der Waals surface area contributed by atoms with Crippen molar-refractivity contribution < 1.29 is 14.3 Å². The second kappa shape index (κ2) is 8.67. The molecule has 1 aliphatic heterocycles. The lowest BCUT2D eigenvalue weighted by atomic mass is 9.98. The van der Waals surface area contributed by atoms with Crippen molar-refractivity contribution in [3.63, 3.8) is 0 Å². The third-order valence-corrected chi connectivity index (χ3v) is 4.72. The van der Waals surface area contributed by atoms with E-state index in [9.17, 15) is 4.79 Å². The Morgan fingerprint density at radius 1 is 1.00 bits per heavy atom. The van der Waals surface area contributed by atoms with Crippen LogP contribution in [0.2, 0.25) is 0 Å². The monoisotopic (exact) mass is 374 g/mol. The highest BCUT2D eigenvalue weighted by Gasteiger charge is 2.19. The Morgan fingerprint density at radius 2 is 1.68 bits per heavy atom. The maximum absolute atomic E-state index is 12.8. The number of hydrogen-bond donors (Lipinski definition) is 1. The number of carbonyl (C=O) groups is 1. The fourth-order valence-electron chi connectivity index (χ4n) is 3.23. The van der Waals surface area contributed by atoms with Crippen LogP contribution in [0.15, 0.2) is 79.0 Å². The van der Waals surface area contributed by atoms with Crippen LogP contribution >= 0.6 is 0 Å². The van der Waals surface area contributed by atoms with Gasteiger partial charge in [0, 0.05) is 18.7 Å². The molecule has 142 valence electrons. The molecule has 1 saturated heterocycles. The molecule has 0 bridgehead atoms. The first-order chi connectivity index (χ1) is 13.8. The van der Waals surface area contributed by atoms with E-state index in [0.29, 0.717) is 24.7 Å². The van der Waals surface area contributed by atoms with Gasteiger partial charge in [0.1, 0.15) is 6.10 Å². The Labute approximate surface area is 164 Å². The van der Waals surface area contributed by atoms with E-state index in [0.717, 1.165) is 17.5 Å². The molecule has 1 aromatic heterocycles. The summed E-state index contributed by atoms with van der Waals surface area (Å²) in [6.07, 6.45) is 2.44. The van der Waals surface area contributed by atoms with Gasteiger partial charge in [0.25, 0.3) is 5.91 Å². The lowest BCUT2D eigenvalue weighted by Crippen LogP contribution is -2.29. The van der Waals surface area contributed by atoms with Crippen LogP contribution in [0.4, 0.5) is 0 Å². The maximum atomic E-state index is 12.8. The van der Waals surface area contributed by atoms with Gasteiger partial charge in [-0.1, -0.05) is 60.7 Å². The van der Waals surface area contributed by atoms with Crippen molar-refractivity contribution in [3.8, 4) is 5.88 Å². The smallest absolute Gasteiger partial charge is 0.253 e. The Morgan fingerprint density at radius 3 is 2.21 bits per heavy atom. The molecule has 0 saturated carbocycles. The van der Waals surface area contributed by atoms with Gasteiger partial charge in [-0.2, -0.15) is 0 Å². The van der Waals surface area contributed by atoms with Crippen LogP contribution in [0.5, 0.6) is 5.88 Å². The average molecular weight is 374 g/mol. The number of pyridine rings is 1. The van der Waals surface area contributed by atoms with Gasteiger partial charge >= 0.3 is 0 Å². The van der Waals surface area contributed by atoms with E-state index in [-0.39, 0.29) is 18.1 Å². The molecule has 5 nitrogen and oxygen atoms in total. The molecule has 1 unspecified atom stereocenters. The summed E-state index contributed by atoms with van der Waals surface area (Å²) in [4.78, 5) is 17.1. The van der Waals surface area contributed by atoms with Gasteiger partial charge in [-0.15, -0.1) is 0 Å². The number of hydrogen-bond acceptors (Lipinski definition) is 4. The Balaban J connectivity index is 1.49. The minimum absolute atomic E-state index is 0.0349. The highest BCUT2D eigenvalue weighted by Crippen LogP contribution is 2.22. The van der Waals surface area contributed by atoms with Crippen LogP contribution in [0, 0.1) is 0 Å². The molecule has 2 heterocycles. The van der Waals surface area contributed by atoms with E-state index in [1.54, 1.807) is 18.3 Å². The molecule has 1 aliphatic rings. The van der Waals surface area contributed by atoms with Gasteiger partial charge in [0.2, 0.25) is 5.88 Å². The fraction of sp³-hybridized carbons (Fsp3) is 0.217. The van der Waals surface area contributed by atoms with Crippen LogP contribution in [0.3, 0.4) is 0 Å². The summed E-state index contributed by atoms with van der Waals surface area (Å²) in [6.45, 7) is 1.30. The van der Waals surface area contributed by atoms with Gasteiger partial charge in [0.05, 0.1) is 24.8 Å². The molecule has 2 aromatic carbocycles. The zero-order valence-electron chi connectivity index (χ0n) is 15.5. The maximum Gasteiger partial charge on any atom is 0.253 e. The van der Waals surface area contributed by atoms with E-state index in [1.165, 1.54) is 0 Å². The number of carbonyl (C=O) groups excluding carboxylic acids is 1. The summed E-state index contributed by atoms with van der Waals surface area (Å²) < 4.78 is 11.1. The summed E-state index contributed by atoms with van der Waals surface area (Å²) in [7, 11) is 0. The molecular weight excluding hydrogens is 352 g/mol. The second-order valence-corrected chi connectivity index (χ2v) is 6.72. The van der Waals surface area contributed by atoms with Crippen molar-refractivity contribution in [1.82, 2.24) is 10.3 Å². The summed E-state index contributed by atoms with van der Waals surface area (Å²) in [5.74, 6) is 0.329. The minimum atomic E-state index is -0.235. The van der Waals surface area contributed by atoms with E-state index in [1.807, 2.05) is 60.7 Å². The van der Waals surface area contributed by atoms with Crippen molar-refractivity contribution in [2.75, 3.05) is 13.2 Å². The standard InChI is InChI=1S/C23H22N2O3/c26-23(19-11-12-21(24-15-19)28-20-13-14-27-16-20)25-22(17-7-3-1-4-8-17)18-9-5-2-6-10-18/h1-12,15,20,22H,13-14,16H2,(H,25,26). The molecule has 1 fully saturated rings. The predicted molar refractivity (Wildman–Crippen MR) is 106 cm³/mol. The lowest BCUT2D eigenvalue weighted by Gasteiger charge is -2.20. The first-order valence-electron chi connectivity index (χ1n) is 9.41. The summed E-state index contributed by atoms with van der Waals surface area (Å²) in [5.41, 5.74) is 2.54. The number of aromatic nitrogens is 1. The third kappa shape index (κ3) is 4.38. The van der Waals surface area contributed by atoms with E-state index >= 15 is 0 Å². The van der Waals surface area contributed by atoms with E-state index in [4.69, 9.17) is 9.47 Å². The lowest BCUT2D eigenvalue weighted by molar-refractivity contribution is 0.0942. The molecule has 0 radical (unpaired) electrons. The van der Waals surface area contributed by atoms with Crippen LogP contribution in [-0.4, -0.2) is 30.2 Å². The number of benzene rings is 2. The first-order valence-corrected chi connectivity index (χ1v) is 9.41. The molecule has 4 rings (SSSR count). The number of nitrogens with zero attached hydrogens (tertiary/aromatic N) is 1. The Hall–Kier alpha value is -3.18. The highest BCUT2D eigenvalue weighted by molar-refractivity contribution is 5.94. The van der Waals surface area contributed by atoms with Gasteiger partial charge in [-0.25, -0.2) is 4.98 Å². The SMILES string of the molecule is O=C(NC(c1ccccc1)c1ccccc1)c1ccc(OC2CCOC2)nc1. The minimum Gasteiger partial charge on any atom is -0.472 e. The normalized spacial score (nSPS) is 16.1. The first kappa shape index (κ1) is 18.2. The van der Waals surface area contributed by atoms with Crippen molar-refractivity contribution in [2.24, 2.45) is 0 Å². The van der Waals surface area contributed by atoms with Crippen molar-refractivity contribution in [1.29, 1.82) is 0 Å². The fourth-order valence-corrected chi connectivity index (χ4v) is 3.23. The highest BCUT2D eigenvalue weighted by atomic mass is 16.5. The van der Waals surface area contributed by atoms with Crippen LogP contribution in [0.25, 0.3) is 0 Å². The second-order valence-electron chi connectivity index (χ2n) is 6.72. The van der Waals surface area contributed by atoms with Gasteiger partial charge in [-0.3, -0.25) is 4.79 Å². The zero-order chi connectivity index (χ0) is 19.2. The third-order valence-electron chi connectivity index (χ3n) is 4.72. The number of nitrogens with one attached hydrogen (secondary N) is 1.